The van der Waals surface area contributed by atoms with Gasteiger partial charge < -0.3 is 14.8 Å². The molecular weight excluding hydrogens is 374 g/mol. The zero-order valence-electron chi connectivity index (χ0n) is 17.0. The number of amides is 1. The first-order chi connectivity index (χ1) is 13.4. The Morgan fingerprint density at radius 2 is 1.96 bits per heavy atom. The van der Waals surface area contributed by atoms with Gasteiger partial charge in [0.15, 0.2) is 0 Å². The molecule has 0 bridgehead atoms. The minimum atomic E-state index is -0.123. The van der Waals surface area contributed by atoms with Crippen molar-refractivity contribution < 1.29 is 4.79 Å². The molecule has 0 atom stereocenters. The number of hydrogen-bond donors (Lipinski definition) is 1. The van der Waals surface area contributed by atoms with Crippen LogP contribution in [0.1, 0.15) is 25.2 Å². The van der Waals surface area contributed by atoms with Gasteiger partial charge in [0.05, 0.1) is 16.4 Å². The Balaban J connectivity index is 1.67. The van der Waals surface area contributed by atoms with Gasteiger partial charge in [-0.2, -0.15) is 5.10 Å². The van der Waals surface area contributed by atoms with Gasteiger partial charge in [-0.15, -0.1) is 0 Å². The minimum absolute atomic E-state index is 0.123. The van der Waals surface area contributed by atoms with Crippen molar-refractivity contribution in [3.63, 3.8) is 0 Å². The van der Waals surface area contributed by atoms with E-state index in [1.165, 1.54) is 5.52 Å². The number of nitrogens with one attached hydrogen (secondary N) is 1. The van der Waals surface area contributed by atoms with Crippen molar-refractivity contribution in [3.05, 3.63) is 46.9 Å². The summed E-state index contributed by atoms with van der Waals surface area (Å²) in [7, 11) is 0. The molecule has 0 spiro atoms. The largest absolute Gasteiger partial charge is 0.346 e. The van der Waals surface area contributed by atoms with Crippen LogP contribution in [0.5, 0.6) is 0 Å². The van der Waals surface area contributed by atoms with Gasteiger partial charge in [-0.3, -0.25) is 9.48 Å². The number of rotatable bonds is 8. The summed E-state index contributed by atoms with van der Waals surface area (Å²) < 4.78 is 3.90. The van der Waals surface area contributed by atoms with Crippen LogP contribution in [0, 0.1) is 13.8 Å². The number of carbonyl (C=O) groups excluding carboxylic acids is 1. The van der Waals surface area contributed by atoms with Gasteiger partial charge in [0, 0.05) is 35.9 Å². The molecule has 0 saturated heterocycles. The lowest BCUT2D eigenvalue weighted by Crippen LogP contribution is -2.26. The monoisotopic (exact) mass is 401 g/mol. The van der Waals surface area contributed by atoms with E-state index in [4.69, 9.17) is 11.6 Å². The van der Waals surface area contributed by atoms with E-state index in [9.17, 15) is 4.79 Å². The predicted molar refractivity (Wildman–Crippen MR) is 115 cm³/mol. The Hall–Kier alpha value is -2.31. The highest BCUT2D eigenvalue weighted by Gasteiger charge is 2.13. The Kier molecular flexibility index (Phi) is 6.42. The molecule has 0 aliphatic carbocycles. The van der Waals surface area contributed by atoms with E-state index in [1.54, 1.807) is 4.68 Å². The number of halogens is 1. The first-order valence-electron chi connectivity index (χ1n) is 9.73. The molecule has 0 aliphatic rings. The lowest BCUT2D eigenvalue weighted by molar-refractivity contribution is -0.116. The quantitative estimate of drug-likeness (QED) is 0.618. The lowest BCUT2D eigenvalue weighted by Gasteiger charge is -2.18. The fourth-order valence-corrected chi connectivity index (χ4v) is 3.56. The molecule has 0 radical (unpaired) electrons. The molecule has 28 heavy (non-hydrogen) atoms. The molecule has 2 heterocycles. The fourth-order valence-electron chi connectivity index (χ4n) is 3.43. The SMILES string of the molecule is CCN(CC)CCn1ccc2cc(NC(=O)Cn3nc(C)c(Cl)c3C)ccc21. The molecule has 0 fully saturated rings. The van der Waals surface area contributed by atoms with Gasteiger partial charge in [0.2, 0.25) is 5.91 Å². The van der Waals surface area contributed by atoms with Gasteiger partial charge in [0.25, 0.3) is 0 Å². The van der Waals surface area contributed by atoms with Crippen LogP contribution in [0.2, 0.25) is 5.02 Å². The van der Waals surface area contributed by atoms with E-state index in [0.29, 0.717) is 5.02 Å². The molecule has 0 saturated carbocycles. The number of likely N-dealkylation sites (N-methyl/N-ethyl adjacent to an activating group) is 1. The third kappa shape index (κ3) is 4.39. The highest BCUT2D eigenvalue weighted by Crippen LogP contribution is 2.22. The number of nitrogens with zero attached hydrogens (tertiary/aromatic N) is 4. The van der Waals surface area contributed by atoms with Crippen LogP contribution in [-0.2, 0) is 17.9 Å². The standard InChI is InChI=1S/C21H28ClN5O/c1-5-25(6-2)11-12-26-10-9-17-13-18(7-8-19(17)26)23-20(28)14-27-16(4)21(22)15(3)24-27/h7-10,13H,5-6,11-12,14H2,1-4H3,(H,23,28). The number of hydrogen-bond acceptors (Lipinski definition) is 3. The van der Waals surface area contributed by atoms with Crippen molar-refractivity contribution >= 4 is 34.1 Å². The van der Waals surface area contributed by atoms with Crippen molar-refractivity contribution in [2.24, 2.45) is 0 Å². The lowest BCUT2D eigenvalue weighted by atomic mass is 10.2. The average Bonchev–Trinajstić information content (AvgIpc) is 3.18. The van der Waals surface area contributed by atoms with Crippen molar-refractivity contribution in [3.8, 4) is 0 Å². The Morgan fingerprint density at radius 1 is 1.21 bits per heavy atom. The molecule has 7 heteroatoms. The maximum atomic E-state index is 12.4. The Labute approximate surface area is 171 Å². The van der Waals surface area contributed by atoms with Gasteiger partial charge in [-0.1, -0.05) is 25.4 Å². The summed E-state index contributed by atoms with van der Waals surface area (Å²) in [5.41, 5.74) is 3.50. The van der Waals surface area contributed by atoms with Crippen molar-refractivity contribution in [1.82, 2.24) is 19.2 Å². The predicted octanol–water partition coefficient (Wildman–Crippen LogP) is 4.09. The van der Waals surface area contributed by atoms with Crippen LogP contribution in [0.25, 0.3) is 10.9 Å². The highest BCUT2D eigenvalue weighted by atomic mass is 35.5. The number of aryl methyl sites for hydroxylation is 1. The number of benzene rings is 1. The molecule has 3 aromatic rings. The number of carbonyl (C=O) groups is 1. The summed E-state index contributed by atoms with van der Waals surface area (Å²) in [4.78, 5) is 14.8. The van der Waals surface area contributed by atoms with E-state index in [0.717, 1.165) is 48.6 Å². The summed E-state index contributed by atoms with van der Waals surface area (Å²) >= 11 is 6.15. The van der Waals surface area contributed by atoms with Crippen molar-refractivity contribution in [1.29, 1.82) is 0 Å². The van der Waals surface area contributed by atoms with Crippen molar-refractivity contribution in [2.75, 3.05) is 25.0 Å². The molecule has 3 rings (SSSR count). The minimum Gasteiger partial charge on any atom is -0.346 e. The Morgan fingerprint density at radius 3 is 2.61 bits per heavy atom. The highest BCUT2D eigenvalue weighted by molar-refractivity contribution is 6.31. The summed E-state index contributed by atoms with van der Waals surface area (Å²) in [5.74, 6) is -0.123. The second-order valence-electron chi connectivity index (χ2n) is 7.00. The van der Waals surface area contributed by atoms with Gasteiger partial charge in [-0.25, -0.2) is 0 Å². The molecule has 0 aliphatic heterocycles. The van der Waals surface area contributed by atoms with Crippen LogP contribution >= 0.6 is 11.6 Å². The van der Waals surface area contributed by atoms with Crippen molar-refractivity contribution in [2.45, 2.75) is 40.8 Å². The first kappa shape index (κ1) is 20.4. The van der Waals surface area contributed by atoms with E-state index in [-0.39, 0.29) is 12.5 Å². The molecule has 1 N–H and O–H groups in total. The van der Waals surface area contributed by atoms with E-state index >= 15 is 0 Å². The molecule has 0 unspecified atom stereocenters. The zero-order chi connectivity index (χ0) is 20.3. The third-order valence-electron chi connectivity index (χ3n) is 5.19. The fraction of sp³-hybridized carbons (Fsp3) is 0.429. The topological polar surface area (TPSA) is 55.1 Å². The smallest absolute Gasteiger partial charge is 0.246 e. The summed E-state index contributed by atoms with van der Waals surface area (Å²) in [5, 5.41) is 8.99. The second kappa shape index (κ2) is 8.80. The molecule has 6 nitrogen and oxygen atoms in total. The number of fused-ring (bicyclic) bond motifs is 1. The van der Waals surface area contributed by atoms with Crippen LogP contribution < -0.4 is 5.32 Å². The molecule has 1 aromatic carbocycles. The average molecular weight is 402 g/mol. The van der Waals surface area contributed by atoms with E-state index in [1.807, 2.05) is 26.0 Å². The van der Waals surface area contributed by atoms with Crippen LogP contribution in [0.3, 0.4) is 0 Å². The van der Waals surface area contributed by atoms with Gasteiger partial charge in [-0.05, 0) is 51.2 Å². The number of aromatic nitrogens is 3. The third-order valence-corrected chi connectivity index (χ3v) is 5.74. The van der Waals surface area contributed by atoms with E-state index in [2.05, 4.69) is 52.1 Å². The van der Waals surface area contributed by atoms with Gasteiger partial charge >= 0.3 is 0 Å². The maximum absolute atomic E-state index is 12.4. The van der Waals surface area contributed by atoms with Crippen LogP contribution in [0.15, 0.2) is 30.5 Å². The first-order valence-corrected chi connectivity index (χ1v) is 10.1. The second-order valence-corrected chi connectivity index (χ2v) is 7.38. The molecular formula is C21H28ClN5O. The molecule has 2 aromatic heterocycles. The van der Waals surface area contributed by atoms with Crippen LogP contribution in [0.4, 0.5) is 5.69 Å². The molecule has 1 amide bonds. The van der Waals surface area contributed by atoms with Crippen LogP contribution in [-0.4, -0.2) is 44.8 Å². The van der Waals surface area contributed by atoms with Gasteiger partial charge in [0.1, 0.15) is 6.54 Å². The zero-order valence-corrected chi connectivity index (χ0v) is 17.8. The van der Waals surface area contributed by atoms with E-state index < -0.39 is 0 Å². The summed E-state index contributed by atoms with van der Waals surface area (Å²) in [6, 6.07) is 8.11. The normalized spacial score (nSPS) is 11.5. The summed E-state index contributed by atoms with van der Waals surface area (Å²) in [6.45, 7) is 12.3. The maximum Gasteiger partial charge on any atom is 0.246 e. The Bertz CT molecular complexity index is 971. The summed E-state index contributed by atoms with van der Waals surface area (Å²) in [6.07, 6.45) is 2.11. The molecule has 150 valence electrons. The number of anilines is 1.